The predicted molar refractivity (Wildman–Crippen MR) is 111 cm³/mol. The molecule has 5 rings (SSSR count). The van der Waals surface area contributed by atoms with Crippen LogP contribution in [0, 0.1) is 5.41 Å². The van der Waals surface area contributed by atoms with Crippen molar-refractivity contribution in [1.29, 1.82) is 0 Å². The Bertz CT molecular complexity index is 1170. The number of nitrogens with zero attached hydrogens (tertiary/aromatic N) is 2. The quantitative estimate of drug-likeness (QED) is 0.654. The number of nitrogens with one attached hydrogen (secondary N) is 1. The lowest BCUT2D eigenvalue weighted by Gasteiger charge is -2.45. The first-order valence-electron chi connectivity index (χ1n) is 9.48. The predicted octanol–water partition coefficient (Wildman–Crippen LogP) is 3.10. The Kier molecular flexibility index (Phi) is 3.71. The molecule has 6 heteroatoms. The van der Waals surface area contributed by atoms with Gasteiger partial charge in [0.15, 0.2) is 5.41 Å². The van der Waals surface area contributed by atoms with Gasteiger partial charge in [0.1, 0.15) is 0 Å². The summed E-state index contributed by atoms with van der Waals surface area (Å²) in [6, 6.07) is 20.0. The lowest BCUT2D eigenvalue weighted by molar-refractivity contribution is -0.142. The van der Waals surface area contributed by atoms with E-state index in [0.29, 0.717) is 5.69 Å². The number of urea groups is 1. The number of rotatable bonds is 1. The number of hydrogen-bond donors (Lipinski definition) is 1. The van der Waals surface area contributed by atoms with Crippen molar-refractivity contribution in [3.05, 3.63) is 72.3 Å². The van der Waals surface area contributed by atoms with Crippen molar-refractivity contribution in [2.45, 2.75) is 6.42 Å². The van der Waals surface area contributed by atoms with Gasteiger partial charge in [-0.25, -0.2) is 9.69 Å². The van der Waals surface area contributed by atoms with Gasteiger partial charge in [-0.3, -0.25) is 14.9 Å². The average molecular weight is 385 g/mol. The van der Waals surface area contributed by atoms with Gasteiger partial charge in [-0.05, 0) is 34.5 Å². The highest BCUT2D eigenvalue weighted by atomic mass is 16.2. The summed E-state index contributed by atoms with van der Waals surface area (Å²) >= 11 is 0. The van der Waals surface area contributed by atoms with E-state index in [1.807, 2.05) is 54.4 Å². The molecule has 2 aliphatic rings. The van der Waals surface area contributed by atoms with Crippen molar-refractivity contribution >= 4 is 40.0 Å². The van der Waals surface area contributed by atoms with Crippen LogP contribution in [0.1, 0.15) is 5.56 Å². The Morgan fingerprint density at radius 1 is 0.897 bits per heavy atom. The standard InChI is InChI=1S/C23H19N3O3/c1-25-14-23(13-18-17-10-6-5-7-15(17)11-12-19(18)25)20(27)24-22(29)26(21(23)28)16-8-3-2-4-9-16/h2-12H,13-14H2,1H3,(H,24,27,29)/t23-/m0/s1. The molecule has 3 aromatic carbocycles. The van der Waals surface area contributed by atoms with Gasteiger partial charge in [0.25, 0.3) is 5.91 Å². The van der Waals surface area contributed by atoms with Crippen LogP contribution >= 0.6 is 0 Å². The van der Waals surface area contributed by atoms with E-state index in [9.17, 15) is 14.4 Å². The molecule has 3 aromatic rings. The molecule has 0 aliphatic carbocycles. The summed E-state index contributed by atoms with van der Waals surface area (Å²) in [6.45, 7) is 0.208. The highest BCUT2D eigenvalue weighted by Gasteiger charge is 2.56. The molecule has 2 aliphatic heterocycles. The van der Waals surface area contributed by atoms with Crippen LogP contribution in [0.3, 0.4) is 0 Å². The third-order valence-corrected chi connectivity index (χ3v) is 5.90. The van der Waals surface area contributed by atoms with Crippen LogP contribution in [0.25, 0.3) is 10.8 Å². The Morgan fingerprint density at radius 2 is 1.62 bits per heavy atom. The zero-order valence-corrected chi connectivity index (χ0v) is 15.9. The van der Waals surface area contributed by atoms with E-state index in [1.54, 1.807) is 24.3 Å². The molecule has 2 heterocycles. The smallest absolute Gasteiger partial charge is 0.335 e. The fraction of sp³-hybridized carbons (Fsp3) is 0.174. The molecule has 6 nitrogen and oxygen atoms in total. The molecule has 1 saturated heterocycles. The molecule has 4 amide bonds. The van der Waals surface area contributed by atoms with E-state index in [-0.39, 0.29) is 13.0 Å². The molecule has 0 radical (unpaired) electrons. The lowest BCUT2D eigenvalue weighted by atomic mass is 9.73. The van der Waals surface area contributed by atoms with Crippen LogP contribution in [0.2, 0.25) is 0 Å². The first-order chi connectivity index (χ1) is 14.0. The Morgan fingerprint density at radius 3 is 2.41 bits per heavy atom. The Hall–Kier alpha value is -3.67. The normalized spacial score (nSPS) is 21.5. The second-order valence-electron chi connectivity index (χ2n) is 7.63. The highest BCUT2D eigenvalue weighted by molar-refractivity contribution is 6.30. The number of benzene rings is 3. The van der Waals surface area contributed by atoms with Gasteiger partial charge in [-0.2, -0.15) is 0 Å². The minimum atomic E-state index is -1.37. The van der Waals surface area contributed by atoms with Gasteiger partial charge in [-0.1, -0.05) is 48.5 Å². The van der Waals surface area contributed by atoms with E-state index in [4.69, 9.17) is 0 Å². The van der Waals surface area contributed by atoms with Gasteiger partial charge < -0.3 is 4.90 Å². The maximum Gasteiger partial charge on any atom is 0.335 e. The SMILES string of the molecule is CN1C[C@@]2(Cc3c1ccc1ccccc31)C(=O)NC(=O)N(c1ccccc1)C2=O. The van der Waals surface area contributed by atoms with Crippen molar-refractivity contribution in [3.63, 3.8) is 0 Å². The van der Waals surface area contributed by atoms with Crippen molar-refractivity contribution in [2.75, 3.05) is 23.4 Å². The molecule has 144 valence electrons. The summed E-state index contributed by atoms with van der Waals surface area (Å²) in [6.07, 6.45) is 0.245. The zero-order valence-electron chi connectivity index (χ0n) is 15.9. The van der Waals surface area contributed by atoms with Crippen LogP contribution in [-0.2, 0) is 16.0 Å². The number of imide groups is 2. The van der Waals surface area contributed by atoms with Crippen LogP contribution in [0.15, 0.2) is 66.7 Å². The molecule has 1 spiro atoms. The molecule has 0 unspecified atom stereocenters. The number of fused-ring (bicyclic) bond motifs is 3. The second kappa shape index (κ2) is 6.17. The van der Waals surface area contributed by atoms with Crippen LogP contribution in [0.4, 0.5) is 16.2 Å². The van der Waals surface area contributed by atoms with Crippen LogP contribution in [-0.4, -0.2) is 31.4 Å². The van der Waals surface area contributed by atoms with Gasteiger partial charge in [-0.15, -0.1) is 0 Å². The monoisotopic (exact) mass is 385 g/mol. The number of carbonyl (C=O) groups excluding carboxylic acids is 3. The largest absolute Gasteiger partial charge is 0.373 e. The number of amides is 4. The maximum absolute atomic E-state index is 13.6. The Balaban J connectivity index is 1.67. The topological polar surface area (TPSA) is 69.7 Å². The number of barbiturate groups is 1. The molecule has 0 bridgehead atoms. The molecule has 0 aromatic heterocycles. The average Bonchev–Trinajstić information content (AvgIpc) is 2.73. The zero-order chi connectivity index (χ0) is 20.2. The first-order valence-corrected chi connectivity index (χ1v) is 9.48. The summed E-state index contributed by atoms with van der Waals surface area (Å²) in [7, 11) is 1.87. The molecule has 0 saturated carbocycles. The second-order valence-corrected chi connectivity index (χ2v) is 7.63. The molecule has 1 atom stereocenters. The number of carbonyl (C=O) groups is 3. The molecular weight excluding hydrogens is 366 g/mol. The summed E-state index contributed by atoms with van der Waals surface area (Å²) in [5.41, 5.74) is 1.03. The minimum Gasteiger partial charge on any atom is -0.373 e. The van der Waals surface area contributed by atoms with Crippen molar-refractivity contribution in [2.24, 2.45) is 5.41 Å². The molecule has 29 heavy (non-hydrogen) atoms. The van der Waals surface area contributed by atoms with Gasteiger partial charge >= 0.3 is 6.03 Å². The summed E-state index contributed by atoms with van der Waals surface area (Å²) in [5.74, 6) is -1.02. The van der Waals surface area contributed by atoms with Gasteiger partial charge in [0.2, 0.25) is 5.91 Å². The van der Waals surface area contributed by atoms with E-state index >= 15 is 0 Å². The van der Waals surface area contributed by atoms with Crippen molar-refractivity contribution in [1.82, 2.24) is 5.32 Å². The van der Waals surface area contributed by atoms with E-state index in [0.717, 1.165) is 26.9 Å². The number of hydrogen-bond acceptors (Lipinski definition) is 4. The molecule has 1 fully saturated rings. The number of para-hydroxylation sites is 1. The molecular formula is C23H19N3O3. The number of anilines is 2. The van der Waals surface area contributed by atoms with E-state index in [1.165, 1.54) is 0 Å². The van der Waals surface area contributed by atoms with E-state index < -0.39 is 23.3 Å². The van der Waals surface area contributed by atoms with Crippen molar-refractivity contribution < 1.29 is 14.4 Å². The van der Waals surface area contributed by atoms with Crippen LogP contribution < -0.4 is 15.1 Å². The fourth-order valence-corrected chi connectivity index (χ4v) is 4.50. The van der Waals surface area contributed by atoms with E-state index in [2.05, 4.69) is 5.32 Å². The third kappa shape index (κ3) is 2.45. The van der Waals surface area contributed by atoms with Gasteiger partial charge in [0.05, 0.1) is 5.69 Å². The third-order valence-electron chi connectivity index (χ3n) is 5.90. The molecule has 1 N–H and O–H groups in total. The van der Waals surface area contributed by atoms with Gasteiger partial charge in [0, 0.05) is 25.7 Å². The minimum absolute atomic E-state index is 0.208. The summed E-state index contributed by atoms with van der Waals surface area (Å²) in [5, 5.41) is 4.48. The summed E-state index contributed by atoms with van der Waals surface area (Å²) < 4.78 is 0. The lowest BCUT2D eigenvalue weighted by Crippen LogP contribution is -2.68. The summed E-state index contributed by atoms with van der Waals surface area (Å²) in [4.78, 5) is 42.2. The Labute approximate surface area is 167 Å². The first kappa shape index (κ1) is 17.4. The maximum atomic E-state index is 13.6. The fourth-order valence-electron chi connectivity index (χ4n) is 4.50. The van der Waals surface area contributed by atoms with Crippen molar-refractivity contribution in [3.8, 4) is 0 Å². The highest BCUT2D eigenvalue weighted by Crippen LogP contribution is 2.42. The van der Waals surface area contributed by atoms with Crippen LogP contribution in [0.5, 0.6) is 0 Å².